The maximum Gasteiger partial charge on any atom is 0.255 e. The average Bonchev–Trinajstić information content (AvgIpc) is 2.71. The number of hydrogen-bond donors (Lipinski definition) is 1. The monoisotopic (exact) mass is 357 g/mol. The van der Waals surface area contributed by atoms with Crippen molar-refractivity contribution in [3.63, 3.8) is 0 Å². The lowest BCUT2D eigenvalue weighted by atomic mass is 9.86. The Hall–Kier alpha value is -2.93. The molecule has 0 aliphatic carbocycles. The van der Waals surface area contributed by atoms with Gasteiger partial charge in [-0.1, -0.05) is 29.7 Å². The molecule has 1 atom stereocenters. The number of benzene rings is 1. The Balaban J connectivity index is 1.69. The van der Waals surface area contributed by atoms with Crippen molar-refractivity contribution in [1.29, 1.82) is 0 Å². The summed E-state index contributed by atoms with van der Waals surface area (Å²) in [4.78, 5) is 23.5. The fourth-order valence-corrected chi connectivity index (χ4v) is 3.45. The van der Waals surface area contributed by atoms with E-state index in [1.165, 1.54) is 0 Å². The standard InChI is InChI=1S/C20H20BN5O/c1-25-19(27)12-17(14-6-8-22-9-7-14)24-20(25)26-11-10-23-18(13-26)15-4-2-3-5-16(15)21/h2-9,12,18,23H,10-11,13H2,1H3. The van der Waals surface area contributed by atoms with Gasteiger partial charge in [0.15, 0.2) is 0 Å². The van der Waals surface area contributed by atoms with E-state index in [2.05, 4.69) is 15.2 Å². The van der Waals surface area contributed by atoms with Gasteiger partial charge in [0.2, 0.25) is 5.95 Å². The van der Waals surface area contributed by atoms with Crippen LogP contribution in [0.5, 0.6) is 0 Å². The zero-order chi connectivity index (χ0) is 18.8. The van der Waals surface area contributed by atoms with Crippen LogP contribution in [-0.2, 0) is 7.05 Å². The van der Waals surface area contributed by atoms with Gasteiger partial charge in [-0.3, -0.25) is 14.3 Å². The first kappa shape index (κ1) is 17.5. The minimum atomic E-state index is -0.0823. The van der Waals surface area contributed by atoms with Crippen LogP contribution in [0.25, 0.3) is 11.3 Å². The highest BCUT2D eigenvalue weighted by Crippen LogP contribution is 2.22. The molecule has 134 valence electrons. The lowest BCUT2D eigenvalue weighted by molar-refractivity contribution is 0.463. The molecule has 0 amide bonds. The summed E-state index contributed by atoms with van der Waals surface area (Å²) in [5.74, 6) is 0.662. The molecule has 3 heterocycles. The van der Waals surface area contributed by atoms with E-state index in [-0.39, 0.29) is 11.6 Å². The zero-order valence-electron chi connectivity index (χ0n) is 15.2. The summed E-state index contributed by atoms with van der Waals surface area (Å²) >= 11 is 0. The fraction of sp³-hybridized carbons (Fsp3) is 0.250. The second-order valence-electron chi connectivity index (χ2n) is 6.66. The van der Waals surface area contributed by atoms with E-state index in [1.54, 1.807) is 30.1 Å². The number of pyridine rings is 1. The van der Waals surface area contributed by atoms with Crippen LogP contribution in [0.2, 0.25) is 0 Å². The molecule has 4 rings (SSSR count). The van der Waals surface area contributed by atoms with Gasteiger partial charge in [0, 0.05) is 56.7 Å². The number of piperazine rings is 1. The van der Waals surface area contributed by atoms with Crippen molar-refractivity contribution in [3.8, 4) is 11.3 Å². The highest BCUT2D eigenvalue weighted by molar-refractivity contribution is 6.33. The molecule has 1 fully saturated rings. The van der Waals surface area contributed by atoms with Crippen LogP contribution in [0.4, 0.5) is 5.95 Å². The van der Waals surface area contributed by atoms with E-state index < -0.39 is 0 Å². The molecule has 3 aromatic rings. The Morgan fingerprint density at radius 2 is 1.96 bits per heavy atom. The summed E-state index contributed by atoms with van der Waals surface area (Å²) in [5.41, 5.74) is 3.29. The second-order valence-corrected chi connectivity index (χ2v) is 6.66. The van der Waals surface area contributed by atoms with Crippen molar-refractivity contribution in [2.75, 3.05) is 24.5 Å². The van der Waals surface area contributed by atoms with Crippen molar-refractivity contribution in [2.45, 2.75) is 6.04 Å². The molecule has 7 heteroatoms. The summed E-state index contributed by atoms with van der Waals surface area (Å²) in [6, 6.07) is 13.2. The van der Waals surface area contributed by atoms with Gasteiger partial charge in [0.25, 0.3) is 5.56 Å². The van der Waals surface area contributed by atoms with E-state index in [9.17, 15) is 4.79 Å². The van der Waals surface area contributed by atoms with E-state index in [0.29, 0.717) is 18.2 Å². The van der Waals surface area contributed by atoms with Crippen LogP contribution < -0.4 is 21.2 Å². The van der Waals surface area contributed by atoms with Crippen LogP contribution in [0.15, 0.2) is 59.7 Å². The third-order valence-corrected chi connectivity index (χ3v) is 4.92. The Labute approximate surface area is 159 Å². The van der Waals surface area contributed by atoms with Crippen molar-refractivity contribution >= 4 is 19.3 Å². The molecule has 2 radical (unpaired) electrons. The summed E-state index contributed by atoms with van der Waals surface area (Å²) in [5, 5.41) is 3.51. The maximum atomic E-state index is 12.5. The molecule has 2 aromatic heterocycles. The first-order chi connectivity index (χ1) is 13.1. The predicted molar refractivity (Wildman–Crippen MR) is 107 cm³/mol. The molecular formula is C20H20BN5O. The summed E-state index contributed by atoms with van der Waals surface area (Å²) in [6.45, 7) is 2.24. The van der Waals surface area contributed by atoms with Crippen molar-refractivity contribution in [1.82, 2.24) is 19.9 Å². The molecule has 6 nitrogen and oxygen atoms in total. The van der Waals surface area contributed by atoms with Gasteiger partial charge < -0.3 is 10.2 Å². The van der Waals surface area contributed by atoms with E-state index >= 15 is 0 Å². The largest absolute Gasteiger partial charge is 0.339 e. The summed E-state index contributed by atoms with van der Waals surface area (Å²) < 4.78 is 1.60. The van der Waals surface area contributed by atoms with E-state index in [4.69, 9.17) is 12.8 Å². The Morgan fingerprint density at radius 3 is 2.74 bits per heavy atom. The van der Waals surface area contributed by atoms with Crippen molar-refractivity contribution < 1.29 is 0 Å². The Kier molecular flexibility index (Phi) is 4.77. The van der Waals surface area contributed by atoms with Gasteiger partial charge in [-0.2, -0.15) is 0 Å². The minimum absolute atomic E-state index is 0.0823. The van der Waals surface area contributed by atoms with Crippen LogP contribution in [0.3, 0.4) is 0 Å². The smallest absolute Gasteiger partial charge is 0.255 e. The van der Waals surface area contributed by atoms with E-state index in [1.807, 2.05) is 36.4 Å². The van der Waals surface area contributed by atoms with E-state index in [0.717, 1.165) is 29.7 Å². The number of hydrogen-bond acceptors (Lipinski definition) is 5. The Bertz CT molecular complexity index is 1000. The Morgan fingerprint density at radius 1 is 1.19 bits per heavy atom. The first-order valence-corrected chi connectivity index (χ1v) is 8.94. The highest BCUT2D eigenvalue weighted by atomic mass is 16.1. The van der Waals surface area contributed by atoms with Crippen LogP contribution in [0, 0.1) is 0 Å². The molecule has 1 aromatic carbocycles. The molecule has 0 spiro atoms. The van der Waals surface area contributed by atoms with Gasteiger partial charge in [0.1, 0.15) is 7.85 Å². The van der Waals surface area contributed by atoms with Gasteiger partial charge in [-0.15, -0.1) is 0 Å². The number of aromatic nitrogens is 3. The quantitative estimate of drug-likeness (QED) is 0.703. The molecule has 1 N–H and O–H groups in total. The molecule has 27 heavy (non-hydrogen) atoms. The second kappa shape index (κ2) is 7.36. The maximum absolute atomic E-state index is 12.5. The number of rotatable bonds is 3. The van der Waals surface area contributed by atoms with Gasteiger partial charge in [-0.25, -0.2) is 4.98 Å². The number of nitrogens with one attached hydrogen (secondary N) is 1. The number of nitrogens with zero attached hydrogens (tertiary/aromatic N) is 4. The summed E-state index contributed by atoms with van der Waals surface area (Å²) in [6.07, 6.45) is 3.40. The fourth-order valence-electron chi connectivity index (χ4n) is 3.45. The molecule has 0 bridgehead atoms. The first-order valence-electron chi connectivity index (χ1n) is 8.94. The van der Waals surface area contributed by atoms with Crippen LogP contribution in [0.1, 0.15) is 11.6 Å². The molecule has 0 saturated carbocycles. The third-order valence-electron chi connectivity index (χ3n) is 4.92. The lowest BCUT2D eigenvalue weighted by Gasteiger charge is -2.36. The SMILES string of the molecule is [B]c1ccccc1C1CN(c2nc(-c3ccncc3)cc(=O)n2C)CCN1. The summed E-state index contributed by atoms with van der Waals surface area (Å²) in [7, 11) is 7.91. The van der Waals surface area contributed by atoms with Gasteiger partial charge in [-0.05, 0) is 17.7 Å². The lowest BCUT2D eigenvalue weighted by Crippen LogP contribution is -2.48. The van der Waals surface area contributed by atoms with Gasteiger partial charge >= 0.3 is 0 Å². The average molecular weight is 357 g/mol. The van der Waals surface area contributed by atoms with Gasteiger partial charge in [0.05, 0.1) is 5.69 Å². The molecule has 1 saturated heterocycles. The van der Waals surface area contributed by atoms with Crippen molar-refractivity contribution in [3.05, 3.63) is 70.8 Å². The molecule has 1 aliphatic heterocycles. The van der Waals surface area contributed by atoms with Crippen molar-refractivity contribution in [2.24, 2.45) is 7.05 Å². The normalized spacial score (nSPS) is 17.1. The third kappa shape index (κ3) is 3.50. The topological polar surface area (TPSA) is 63.1 Å². The molecule has 1 aliphatic rings. The molecule has 1 unspecified atom stereocenters. The zero-order valence-corrected chi connectivity index (χ0v) is 15.2. The number of anilines is 1. The molecular weight excluding hydrogens is 337 g/mol. The van der Waals surface area contributed by atoms with Crippen LogP contribution >= 0.6 is 0 Å². The van der Waals surface area contributed by atoms with Crippen LogP contribution in [-0.4, -0.2) is 42.0 Å². The predicted octanol–water partition coefficient (Wildman–Crippen LogP) is 0.787. The minimum Gasteiger partial charge on any atom is -0.339 e. The highest BCUT2D eigenvalue weighted by Gasteiger charge is 2.24.